The molecular formula is C17H28N2O3. The van der Waals surface area contributed by atoms with Gasteiger partial charge in [-0.25, -0.2) is 4.79 Å². The molecule has 0 spiro atoms. The standard InChI is InChI=1S/C17H28N2O3/c1-7-12(2)11-21-13-8-9-14(18)15(10-13)19(6)16(20)22-17(3,4)5/h8-10,12H,7,11,18H2,1-6H3. The van der Waals surface area contributed by atoms with Crippen LogP contribution in [0.5, 0.6) is 5.75 Å². The van der Waals surface area contributed by atoms with Gasteiger partial charge in [-0.2, -0.15) is 0 Å². The summed E-state index contributed by atoms with van der Waals surface area (Å²) >= 11 is 0. The highest BCUT2D eigenvalue weighted by Gasteiger charge is 2.22. The van der Waals surface area contributed by atoms with Crippen LogP contribution < -0.4 is 15.4 Å². The molecule has 1 amide bonds. The molecule has 1 aromatic carbocycles. The molecule has 0 saturated heterocycles. The molecule has 0 radical (unpaired) electrons. The van der Waals surface area contributed by atoms with Crippen LogP contribution in [0.4, 0.5) is 16.2 Å². The van der Waals surface area contributed by atoms with Crippen molar-refractivity contribution in [1.82, 2.24) is 0 Å². The lowest BCUT2D eigenvalue weighted by Crippen LogP contribution is -2.34. The summed E-state index contributed by atoms with van der Waals surface area (Å²) in [4.78, 5) is 13.5. The van der Waals surface area contributed by atoms with E-state index < -0.39 is 11.7 Å². The van der Waals surface area contributed by atoms with E-state index in [0.717, 1.165) is 6.42 Å². The Morgan fingerprint density at radius 1 is 1.36 bits per heavy atom. The number of ether oxygens (including phenoxy) is 2. The molecule has 0 heterocycles. The van der Waals surface area contributed by atoms with Gasteiger partial charge in [0.15, 0.2) is 0 Å². The van der Waals surface area contributed by atoms with E-state index in [1.54, 1.807) is 19.2 Å². The van der Waals surface area contributed by atoms with Crippen LogP contribution >= 0.6 is 0 Å². The van der Waals surface area contributed by atoms with Crippen LogP contribution in [0.15, 0.2) is 18.2 Å². The number of hydrogen-bond donors (Lipinski definition) is 1. The van der Waals surface area contributed by atoms with Gasteiger partial charge in [0.25, 0.3) is 0 Å². The Balaban J connectivity index is 2.87. The lowest BCUT2D eigenvalue weighted by Gasteiger charge is -2.25. The molecule has 0 aliphatic rings. The summed E-state index contributed by atoms with van der Waals surface area (Å²) in [6, 6.07) is 5.31. The first-order valence-electron chi connectivity index (χ1n) is 7.63. The highest BCUT2D eigenvalue weighted by atomic mass is 16.6. The Morgan fingerprint density at radius 2 is 2.00 bits per heavy atom. The first-order chi connectivity index (χ1) is 10.1. The molecule has 0 aliphatic carbocycles. The Kier molecular flexibility index (Phi) is 6.09. The molecular weight excluding hydrogens is 280 g/mol. The van der Waals surface area contributed by atoms with E-state index >= 15 is 0 Å². The van der Waals surface area contributed by atoms with Crippen LogP contribution in [0.1, 0.15) is 41.0 Å². The van der Waals surface area contributed by atoms with Gasteiger partial charge in [0.1, 0.15) is 11.4 Å². The Bertz CT molecular complexity index is 509. The third-order valence-corrected chi connectivity index (χ3v) is 3.26. The van der Waals surface area contributed by atoms with Crippen molar-refractivity contribution in [2.75, 3.05) is 24.3 Å². The highest BCUT2D eigenvalue weighted by Crippen LogP contribution is 2.29. The average Bonchev–Trinajstić information content (AvgIpc) is 2.43. The van der Waals surface area contributed by atoms with E-state index in [9.17, 15) is 4.79 Å². The molecule has 1 rings (SSSR count). The minimum absolute atomic E-state index is 0.446. The molecule has 0 fully saturated rings. The molecule has 2 N–H and O–H groups in total. The fourth-order valence-electron chi connectivity index (χ4n) is 1.69. The minimum atomic E-state index is -0.551. The van der Waals surface area contributed by atoms with Gasteiger partial charge in [0, 0.05) is 13.1 Å². The maximum Gasteiger partial charge on any atom is 0.414 e. The lowest BCUT2D eigenvalue weighted by molar-refractivity contribution is 0.0589. The Morgan fingerprint density at radius 3 is 2.55 bits per heavy atom. The molecule has 1 unspecified atom stereocenters. The molecule has 124 valence electrons. The zero-order valence-corrected chi connectivity index (χ0v) is 14.5. The number of carbonyl (C=O) groups excluding carboxylic acids is 1. The number of rotatable bonds is 5. The summed E-state index contributed by atoms with van der Waals surface area (Å²) in [7, 11) is 1.64. The average molecular weight is 308 g/mol. The molecule has 0 bridgehead atoms. The van der Waals surface area contributed by atoms with Crippen molar-refractivity contribution in [1.29, 1.82) is 0 Å². The van der Waals surface area contributed by atoms with Gasteiger partial charge in [-0.1, -0.05) is 20.3 Å². The maximum absolute atomic E-state index is 12.1. The fourth-order valence-corrected chi connectivity index (χ4v) is 1.69. The van der Waals surface area contributed by atoms with E-state index in [1.165, 1.54) is 4.90 Å². The molecule has 5 heteroatoms. The van der Waals surface area contributed by atoms with Gasteiger partial charge in [-0.3, -0.25) is 4.90 Å². The molecule has 0 saturated carbocycles. The number of amides is 1. The summed E-state index contributed by atoms with van der Waals surface area (Å²) < 4.78 is 11.1. The van der Waals surface area contributed by atoms with Gasteiger partial charge in [-0.15, -0.1) is 0 Å². The van der Waals surface area contributed by atoms with Crippen LogP contribution in [-0.2, 0) is 4.74 Å². The lowest BCUT2D eigenvalue weighted by atomic mass is 10.1. The molecule has 1 aromatic rings. The summed E-state index contributed by atoms with van der Waals surface area (Å²) in [5, 5.41) is 0. The summed E-state index contributed by atoms with van der Waals surface area (Å²) in [5.74, 6) is 1.17. The van der Waals surface area contributed by atoms with Crippen LogP contribution in [0, 0.1) is 5.92 Å². The molecule has 22 heavy (non-hydrogen) atoms. The van der Waals surface area contributed by atoms with Crippen molar-refractivity contribution in [3.8, 4) is 5.75 Å². The third-order valence-electron chi connectivity index (χ3n) is 3.26. The zero-order chi connectivity index (χ0) is 16.9. The predicted octanol–water partition coefficient (Wildman–Crippen LogP) is 4.07. The molecule has 0 aliphatic heterocycles. The quantitative estimate of drug-likeness (QED) is 0.833. The largest absolute Gasteiger partial charge is 0.493 e. The number of carbonyl (C=O) groups is 1. The number of anilines is 2. The third kappa shape index (κ3) is 5.47. The first kappa shape index (κ1) is 18.1. The second kappa shape index (κ2) is 7.38. The Hall–Kier alpha value is -1.91. The summed E-state index contributed by atoms with van der Waals surface area (Å²) in [5.41, 5.74) is 6.50. The summed E-state index contributed by atoms with van der Waals surface area (Å²) in [6.45, 7) is 10.4. The summed E-state index contributed by atoms with van der Waals surface area (Å²) in [6.07, 6.45) is 0.609. The van der Waals surface area contributed by atoms with E-state index in [2.05, 4.69) is 13.8 Å². The van der Waals surface area contributed by atoms with Crippen molar-refractivity contribution < 1.29 is 14.3 Å². The topological polar surface area (TPSA) is 64.8 Å². The molecule has 5 nitrogen and oxygen atoms in total. The van der Waals surface area contributed by atoms with E-state index in [4.69, 9.17) is 15.2 Å². The fraction of sp³-hybridized carbons (Fsp3) is 0.588. The maximum atomic E-state index is 12.1. The van der Waals surface area contributed by atoms with Crippen molar-refractivity contribution in [3.05, 3.63) is 18.2 Å². The van der Waals surface area contributed by atoms with Crippen LogP contribution in [0.3, 0.4) is 0 Å². The minimum Gasteiger partial charge on any atom is -0.493 e. The van der Waals surface area contributed by atoms with Gasteiger partial charge >= 0.3 is 6.09 Å². The first-order valence-corrected chi connectivity index (χ1v) is 7.63. The van der Waals surface area contributed by atoms with Crippen molar-refractivity contribution >= 4 is 17.5 Å². The van der Waals surface area contributed by atoms with Gasteiger partial charge in [0.2, 0.25) is 0 Å². The SMILES string of the molecule is CCC(C)COc1ccc(N)c(N(C)C(=O)OC(C)(C)C)c1. The van der Waals surface area contributed by atoms with Gasteiger partial charge < -0.3 is 15.2 Å². The van der Waals surface area contributed by atoms with Crippen LogP contribution in [0.2, 0.25) is 0 Å². The number of hydrogen-bond acceptors (Lipinski definition) is 4. The van der Waals surface area contributed by atoms with Crippen molar-refractivity contribution in [3.63, 3.8) is 0 Å². The number of nitrogens with zero attached hydrogens (tertiary/aromatic N) is 1. The zero-order valence-electron chi connectivity index (χ0n) is 14.5. The molecule has 0 aromatic heterocycles. The predicted molar refractivity (Wildman–Crippen MR) is 90.4 cm³/mol. The van der Waals surface area contributed by atoms with Crippen molar-refractivity contribution in [2.24, 2.45) is 5.92 Å². The Labute approximate surface area is 133 Å². The van der Waals surface area contributed by atoms with E-state index in [0.29, 0.717) is 29.6 Å². The number of benzene rings is 1. The highest BCUT2D eigenvalue weighted by molar-refractivity contribution is 5.91. The van der Waals surface area contributed by atoms with Crippen molar-refractivity contribution in [2.45, 2.75) is 46.6 Å². The van der Waals surface area contributed by atoms with Gasteiger partial charge in [-0.05, 0) is 38.8 Å². The second-order valence-electron chi connectivity index (χ2n) is 6.58. The van der Waals surface area contributed by atoms with E-state index in [-0.39, 0.29) is 0 Å². The normalized spacial score (nSPS) is 12.6. The van der Waals surface area contributed by atoms with Gasteiger partial charge in [0.05, 0.1) is 18.0 Å². The van der Waals surface area contributed by atoms with Crippen LogP contribution in [0.25, 0.3) is 0 Å². The smallest absolute Gasteiger partial charge is 0.414 e. The molecule has 1 atom stereocenters. The van der Waals surface area contributed by atoms with Crippen LogP contribution in [-0.4, -0.2) is 25.3 Å². The number of nitrogens with two attached hydrogens (primary N) is 1. The number of nitrogen functional groups attached to an aromatic ring is 1. The monoisotopic (exact) mass is 308 g/mol. The van der Waals surface area contributed by atoms with E-state index in [1.807, 2.05) is 26.8 Å². The second-order valence-corrected chi connectivity index (χ2v) is 6.58.